The third-order valence-electron chi connectivity index (χ3n) is 4.72. The molecule has 1 aliphatic rings. The van der Waals surface area contributed by atoms with Crippen LogP contribution in [0.5, 0.6) is 11.5 Å². The quantitative estimate of drug-likeness (QED) is 0.897. The number of phenols is 1. The summed E-state index contributed by atoms with van der Waals surface area (Å²) in [5.41, 5.74) is 4.01. The van der Waals surface area contributed by atoms with Crippen molar-refractivity contribution in [3.8, 4) is 11.5 Å². The number of rotatable bonds is 3. The monoisotopic (exact) mass is 282 g/mol. The zero-order chi connectivity index (χ0) is 14.8. The van der Waals surface area contributed by atoms with Gasteiger partial charge in [0.15, 0.2) is 0 Å². The van der Waals surface area contributed by atoms with Crippen LogP contribution in [0.3, 0.4) is 0 Å². The van der Waals surface area contributed by atoms with Gasteiger partial charge in [0, 0.05) is 5.92 Å². The smallest absolute Gasteiger partial charge is 0.118 e. The molecular weight excluding hydrogens is 260 g/mol. The van der Waals surface area contributed by atoms with Crippen LogP contribution >= 0.6 is 0 Å². The molecule has 2 aromatic carbocycles. The Labute approximate surface area is 126 Å². The average Bonchev–Trinajstić information content (AvgIpc) is 2.53. The molecule has 110 valence electrons. The first-order valence-corrected chi connectivity index (χ1v) is 7.68. The predicted octanol–water partition coefficient (Wildman–Crippen LogP) is 4.51. The molecule has 0 saturated carbocycles. The Balaban J connectivity index is 2.04. The van der Waals surface area contributed by atoms with Gasteiger partial charge in [0.1, 0.15) is 11.5 Å². The number of phenolic OH excluding ortho intramolecular Hbond substituents is 1. The highest BCUT2D eigenvalue weighted by Crippen LogP contribution is 2.43. The Morgan fingerprint density at radius 2 is 1.90 bits per heavy atom. The maximum atomic E-state index is 9.72. The second-order valence-electron chi connectivity index (χ2n) is 5.84. The Morgan fingerprint density at radius 3 is 2.57 bits per heavy atom. The van der Waals surface area contributed by atoms with Crippen LogP contribution in [0.25, 0.3) is 0 Å². The Bertz CT molecular complexity index is 616. The summed E-state index contributed by atoms with van der Waals surface area (Å²) in [6.45, 7) is 2.27. The van der Waals surface area contributed by atoms with E-state index in [1.165, 1.54) is 29.5 Å². The summed E-state index contributed by atoms with van der Waals surface area (Å²) in [6.07, 6.45) is 3.43. The van der Waals surface area contributed by atoms with Gasteiger partial charge in [-0.1, -0.05) is 31.5 Å². The summed E-state index contributed by atoms with van der Waals surface area (Å²) in [7, 11) is 1.70. The van der Waals surface area contributed by atoms with E-state index < -0.39 is 0 Å². The third-order valence-corrected chi connectivity index (χ3v) is 4.72. The van der Waals surface area contributed by atoms with E-state index in [2.05, 4.69) is 25.1 Å². The standard InChI is InChI=1S/C19H22O2/c1-3-13-4-5-15-12-16(20)8-11-18(15)19(13)14-6-9-17(21-2)10-7-14/h6-13,19-20H,3-5H2,1-2H3/t13-,19+/m1/s1. The van der Waals surface area contributed by atoms with Gasteiger partial charge in [0.25, 0.3) is 0 Å². The van der Waals surface area contributed by atoms with Gasteiger partial charge in [0.05, 0.1) is 7.11 Å². The van der Waals surface area contributed by atoms with Crippen molar-refractivity contribution in [2.45, 2.75) is 32.1 Å². The van der Waals surface area contributed by atoms with Crippen LogP contribution in [-0.4, -0.2) is 12.2 Å². The first kappa shape index (κ1) is 14.0. The second-order valence-corrected chi connectivity index (χ2v) is 5.84. The number of benzene rings is 2. The predicted molar refractivity (Wildman–Crippen MR) is 85.0 cm³/mol. The lowest BCUT2D eigenvalue weighted by Crippen LogP contribution is -2.21. The molecule has 0 aliphatic heterocycles. The summed E-state index contributed by atoms with van der Waals surface area (Å²) in [5, 5.41) is 9.72. The van der Waals surface area contributed by atoms with E-state index in [0.717, 1.165) is 12.2 Å². The Hall–Kier alpha value is -1.96. The normalized spacial score (nSPS) is 20.9. The molecule has 0 spiro atoms. The Kier molecular flexibility index (Phi) is 3.87. The zero-order valence-corrected chi connectivity index (χ0v) is 12.7. The van der Waals surface area contributed by atoms with Crippen LogP contribution in [0.1, 0.15) is 42.4 Å². The highest BCUT2D eigenvalue weighted by atomic mass is 16.5. The van der Waals surface area contributed by atoms with Gasteiger partial charge in [-0.15, -0.1) is 0 Å². The van der Waals surface area contributed by atoms with Gasteiger partial charge in [-0.05, 0) is 59.7 Å². The van der Waals surface area contributed by atoms with Crippen LogP contribution in [0.2, 0.25) is 0 Å². The number of aryl methyl sites for hydroxylation is 1. The fourth-order valence-corrected chi connectivity index (χ4v) is 3.58. The van der Waals surface area contributed by atoms with Crippen LogP contribution in [0.15, 0.2) is 42.5 Å². The minimum absolute atomic E-state index is 0.372. The maximum absolute atomic E-state index is 9.72. The van der Waals surface area contributed by atoms with E-state index in [1.807, 2.05) is 24.3 Å². The van der Waals surface area contributed by atoms with Crippen molar-refractivity contribution in [1.29, 1.82) is 0 Å². The highest BCUT2D eigenvalue weighted by molar-refractivity contribution is 5.45. The highest BCUT2D eigenvalue weighted by Gasteiger charge is 2.29. The molecule has 3 rings (SSSR count). The van der Waals surface area contributed by atoms with Crippen LogP contribution in [-0.2, 0) is 6.42 Å². The lowest BCUT2D eigenvalue weighted by atomic mass is 9.71. The molecule has 2 aromatic rings. The first-order valence-electron chi connectivity index (χ1n) is 7.68. The maximum Gasteiger partial charge on any atom is 0.118 e. The lowest BCUT2D eigenvalue weighted by molar-refractivity contribution is 0.393. The van der Waals surface area contributed by atoms with Crippen molar-refractivity contribution in [3.05, 3.63) is 59.2 Å². The molecule has 1 aliphatic carbocycles. The summed E-state index contributed by atoms with van der Waals surface area (Å²) in [4.78, 5) is 0. The van der Waals surface area contributed by atoms with Crippen LogP contribution in [0, 0.1) is 5.92 Å². The van der Waals surface area contributed by atoms with Crippen molar-refractivity contribution < 1.29 is 9.84 Å². The van der Waals surface area contributed by atoms with Gasteiger partial charge >= 0.3 is 0 Å². The van der Waals surface area contributed by atoms with Gasteiger partial charge < -0.3 is 9.84 Å². The first-order chi connectivity index (χ1) is 10.2. The number of ether oxygens (including phenoxy) is 1. The van der Waals surface area contributed by atoms with E-state index in [9.17, 15) is 5.11 Å². The third kappa shape index (κ3) is 2.63. The molecule has 0 fully saturated rings. The van der Waals surface area contributed by atoms with E-state index in [1.54, 1.807) is 7.11 Å². The summed E-state index contributed by atoms with van der Waals surface area (Å²) in [5.74, 6) is 2.35. The second kappa shape index (κ2) is 5.80. The number of fused-ring (bicyclic) bond motifs is 1. The molecule has 2 atom stereocenters. The van der Waals surface area contributed by atoms with Crippen LogP contribution in [0.4, 0.5) is 0 Å². The van der Waals surface area contributed by atoms with Crippen molar-refractivity contribution in [3.63, 3.8) is 0 Å². The lowest BCUT2D eigenvalue weighted by Gasteiger charge is -2.33. The van der Waals surface area contributed by atoms with E-state index in [-0.39, 0.29) is 0 Å². The molecule has 0 unspecified atom stereocenters. The molecule has 0 aromatic heterocycles. The van der Waals surface area contributed by atoms with Gasteiger partial charge in [-0.2, -0.15) is 0 Å². The molecular formula is C19H22O2. The minimum Gasteiger partial charge on any atom is -0.508 e. The summed E-state index contributed by atoms with van der Waals surface area (Å²) in [6, 6.07) is 14.3. The molecule has 0 bridgehead atoms. The number of hydrogen-bond acceptors (Lipinski definition) is 2. The van der Waals surface area contributed by atoms with Crippen LogP contribution < -0.4 is 4.74 Å². The van der Waals surface area contributed by atoms with E-state index >= 15 is 0 Å². The van der Waals surface area contributed by atoms with Crippen molar-refractivity contribution in [1.82, 2.24) is 0 Å². The summed E-state index contributed by atoms with van der Waals surface area (Å²) < 4.78 is 5.26. The SMILES string of the molecule is CC[C@@H]1CCc2cc(O)ccc2[C@@H]1c1ccc(OC)cc1. The average molecular weight is 282 g/mol. The van der Waals surface area contributed by atoms with E-state index in [0.29, 0.717) is 17.6 Å². The number of methoxy groups -OCH3 is 1. The molecule has 1 N–H and O–H groups in total. The zero-order valence-electron chi connectivity index (χ0n) is 12.7. The fourth-order valence-electron chi connectivity index (χ4n) is 3.58. The Morgan fingerprint density at radius 1 is 1.14 bits per heavy atom. The molecule has 2 nitrogen and oxygen atoms in total. The van der Waals surface area contributed by atoms with Crippen molar-refractivity contribution >= 4 is 0 Å². The molecule has 21 heavy (non-hydrogen) atoms. The van der Waals surface area contributed by atoms with Crippen molar-refractivity contribution in [2.75, 3.05) is 7.11 Å². The number of hydrogen-bond donors (Lipinski definition) is 1. The van der Waals surface area contributed by atoms with E-state index in [4.69, 9.17) is 4.74 Å². The molecule has 0 amide bonds. The molecule has 0 radical (unpaired) electrons. The van der Waals surface area contributed by atoms with Gasteiger partial charge in [-0.3, -0.25) is 0 Å². The van der Waals surface area contributed by atoms with Gasteiger partial charge in [0.2, 0.25) is 0 Å². The molecule has 0 saturated heterocycles. The molecule has 2 heteroatoms. The largest absolute Gasteiger partial charge is 0.508 e. The topological polar surface area (TPSA) is 29.5 Å². The molecule has 0 heterocycles. The fraction of sp³-hybridized carbons (Fsp3) is 0.368. The van der Waals surface area contributed by atoms with Crippen molar-refractivity contribution in [2.24, 2.45) is 5.92 Å². The number of aromatic hydroxyl groups is 1. The van der Waals surface area contributed by atoms with Gasteiger partial charge in [-0.25, -0.2) is 0 Å². The summed E-state index contributed by atoms with van der Waals surface area (Å²) >= 11 is 0. The minimum atomic E-state index is 0.372.